The van der Waals surface area contributed by atoms with Crippen LogP contribution >= 0.6 is 22.6 Å². The Balaban J connectivity index is 1.93. The lowest BCUT2D eigenvalue weighted by molar-refractivity contribution is -0.299. The van der Waals surface area contributed by atoms with Crippen molar-refractivity contribution in [1.29, 1.82) is 0 Å². The van der Waals surface area contributed by atoms with Crippen molar-refractivity contribution in [3.8, 4) is 0 Å². The summed E-state index contributed by atoms with van der Waals surface area (Å²) in [5.41, 5.74) is -1.12. The largest absolute Gasteiger partial charge is 0.462 e. The van der Waals surface area contributed by atoms with Crippen molar-refractivity contribution in [3.05, 3.63) is 0 Å². The fourth-order valence-electron chi connectivity index (χ4n) is 4.24. The molecule has 0 spiro atoms. The lowest BCUT2D eigenvalue weighted by atomic mass is 9.80. The molecule has 1 saturated heterocycles. The second-order valence-corrected chi connectivity index (χ2v) is 10.8. The molecule has 0 bridgehead atoms. The molecule has 3 atom stereocenters. The molecule has 0 aromatic rings. The van der Waals surface area contributed by atoms with E-state index in [1.807, 2.05) is 50.3 Å². The van der Waals surface area contributed by atoms with Gasteiger partial charge in [0, 0.05) is 23.9 Å². The van der Waals surface area contributed by atoms with Gasteiger partial charge in [0.15, 0.2) is 0 Å². The number of hydrogen-bond donors (Lipinski definition) is 0. The Kier molecular flexibility index (Phi) is 6.99. The second kappa shape index (κ2) is 8.31. The van der Waals surface area contributed by atoms with Crippen LogP contribution in [0.15, 0.2) is 0 Å². The summed E-state index contributed by atoms with van der Waals surface area (Å²) in [5, 5.41) is 13.6. The van der Waals surface area contributed by atoms with Crippen LogP contribution in [0.2, 0.25) is 0 Å². The number of nitrogens with zero attached hydrogens (tertiary/aromatic N) is 1. The van der Waals surface area contributed by atoms with Crippen molar-refractivity contribution in [2.75, 3.05) is 0 Å². The zero-order valence-electron chi connectivity index (χ0n) is 16.4. The van der Waals surface area contributed by atoms with Gasteiger partial charge in [0.2, 0.25) is 0 Å². The molecule has 0 N–H and O–H groups in total. The summed E-state index contributed by atoms with van der Waals surface area (Å²) in [6.45, 7) is 9.36. The highest BCUT2D eigenvalue weighted by Crippen LogP contribution is 2.39. The Hall–Kier alpha value is -0.410. The molecule has 6 nitrogen and oxygen atoms in total. The molecular weight excluding hydrogens is 449 g/mol. The minimum absolute atomic E-state index is 0.193. The van der Waals surface area contributed by atoms with Crippen molar-refractivity contribution in [3.63, 3.8) is 0 Å². The number of esters is 2. The summed E-state index contributed by atoms with van der Waals surface area (Å²) in [4.78, 5) is 24.5. The maximum absolute atomic E-state index is 12.7. The molecule has 2 aliphatic rings. The standard InChI is InChI=1S/C19H31INO5/c1-12(20)16(22)25-14-8-6-7-13(9-14)17(23)26-15-10-18(2,3)21(24)19(4,5)11-15/h12-15H,6-11H2,1-5H3. The van der Waals surface area contributed by atoms with Crippen molar-refractivity contribution in [2.45, 2.75) is 100 Å². The Labute approximate surface area is 170 Å². The summed E-state index contributed by atoms with van der Waals surface area (Å²) in [6, 6.07) is 0. The van der Waals surface area contributed by atoms with E-state index in [0.29, 0.717) is 19.3 Å². The minimum atomic E-state index is -0.562. The monoisotopic (exact) mass is 480 g/mol. The normalized spacial score (nSPS) is 30.4. The molecule has 0 aromatic heterocycles. The van der Waals surface area contributed by atoms with Crippen LogP contribution in [0.5, 0.6) is 0 Å². The Morgan fingerprint density at radius 1 is 1.04 bits per heavy atom. The first-order chi connectivity index (χ1) is 11.9. The van der Waals surface area contributed by atoms with Gasteiger partial charge in [0.1, 0.15) is 16.1 Å². The van der Waals surface area contributed by atoms with Crippen LogP contribution in [0, 0.1) is 5.92 Å². The van der Waals surface area contributed by atoms with E-state index in [-0.39, 0.29) is 34.0 Å². The van der Waals surface area contributed by atoms with Gasteiger partial charge in [-0.25, -0.2) is 0 Å². The van der Waals surface area contributed by atoms with Crippen LogP contribution in [0.1, 0.15) is 73.1 Å². The van der Waals surface area contributed by atoms with Crippen LogP contribution in [-0.4, -0.2) is 44.2 Å². The molecular formula is C19H31INO5. The molecule has 1 aliphatic heterocycles. The summed E-state index contributed by atoms with van der Waals surface area (Å²) in [7, 11) is 0. The van der Waals surface area contributed by atoms with E-state index in [0.717, 1.165) is 24.3 Å². The molecule has 2 rings (SSSR count). The van der Waals surface area contributed by atoms with Gasteiger partial charge >= 0.3 is 11.9 Å². The molecule has 1 radical (unpaired) electrons. The molecule has 0 aromatic carbocycles. The van der Waals surface area contributed by atoms with Crippen LogP contribution in [-0.2, 0) is 24.3 Å². The Morgan fingerprint density at radius 3 is 2.15 bits per heavy atom. The third-order valence-electron chi connectivity index (χ3n) is 5.40. The summed E-state index contributed by atoms with van der Waals surface area (Å²) >= 11 is 2.03. The molecule has 26 heavy (non-hydrogen) atoms. The molecule has 149 valence electrons. The topological polar surface area (TPSA) is 75.7 Å². The Bertz CT molecular complexity index is 516. The fourth-order valence-corrected chi connectivity index (χ4v) is 4.39. The van der Waals surface area contributed by atoms with Gasteiger partial charge in [-0.2, -0.15) is 0 Å². The van der Waals surface area contributed by atoms with Crippen LogP contribution in [0.25, 0.3) is 0 Å². The smallest absolute Gasteiger partial charge is 0.318 e. The van der Waals surface area contributed by atoms with Crippen LogP contribution < -0.4 is 0 Å². The number of hydroxylamine groups is 2. The van der Waals surface area contributed by atoms with E-state index < -0.39 is 11.1 Å². The quantitative estimate of drug-likeness (QED) is 0.348. The predicted octanol–water partition coefficient (Wildman–Crippen LogP) is 3.82. The predicted molar refractivity (Wildman–Crippen MR) is 105 cm³/mol. The molecule has 3 unspecified atom stereocenters. The SMILES string of the molecule is CC(I)C(=O)OC1CCCC(C(=O)OC2CC(C)(C)N([O])C(C)(C)C2)C1. The lowest BCUT2D eigenvalue weighted by Gasteiger charge is -2.49. The second-order valence-electron chi connectivity index (χ2n) is 8.92. The number of alkyl halides is 1. The van der Waals surface area contributed by atoms with Gasteiger partial charge in [-0.05, 0) is 60.3 Å². The summed E-state index contributed by atoms with van der Waals surface area (Å²) in [5.74, 6) is -0.678. The number of halogens is 1. The minimum Gasteiger partial charge on any atom is -0.462 e. The van der Waals surface area contributed by atoms with E-state index in [9.17, 15) is 14.8 Å². The number of hydrogen-bond acceptors (Lipinski definition) is 5. The first-order valence-corrected chi connectivity index (χ1v) is 10.7. The number of ether oxygens (including phenoxy) is 2. The lowest BCUT2D eigenvalue weighted by Crippen LogP contribution is -2.60. The van der Waals surface area contributed by atoms with Crippen molar-refractivity contribution >= 4 is 34.5 Å². The van der Waals surface area contributed by atoms with E-state index in [4.69, 9.17) is 9.47 Å². The van der Waals surface area contributed by atoms with Crippen molar-refractivity contribution < 1.29 is 24.3 Å². The average Bonchev–Trinajstić information content (AvgIpc) is 2.52. The van der Waals surface area contributed by atoms with Gasteiger partial charge in [-0.3, -0.25) is 9.59 Å². The van der Waals surface area contributed by atoms with E-state index in [1.165, 1.54) is 0 Å². The third kappa shape index (κ3) is 5.32. The van der Waals surface area contributed by atoms with E-state index in [2.05, 4.69) is 0 Å². The highest BCUT2D eigenvalue weighted by Gasteiger charge is 2.47. The van der Waals surface area contributed by atoms with Crippen LogP contribution in [0.4, 0.5) is 0 Å². The number of carbonyl (C=O) groups is 2. The zero-order chi connectivity index (χ0) is 19.7. The summed E-state index contributed by atoms with van der Waals surface area (Å²) < 4.78 is 11.1. The van der Waals surface area contributed by atoms with Crippen molar-refractivity contribution in [1.82, 2.24) is 5.06 Å². The van der Waals surface area contributed by atoms with Crippen molar-refractivity contribution in [2.24, 2.45) is 5.92 Å². The number of carbonyl (C=O) groups excluding carboxylic acids is 2. The van der Waals surface area contributed by atoms with Gasteiger partial charge in [-0.1, -0.05) is 22.6 Å². The Morgan fingerprint density at radius 2 is 1.62 bits per heavy atom. The third-order valence-corrected chi connectivity index (χ3v) is 5.91. The number of rotatable bonds is 4. The first-order valence-electron chi connectivity index (χ1n) is 9.45. The van der Waals surface area contributed by atoms with E-state index in [1.54, 1.807) is 6.92 Å². The van der Waals surface area contributed by atoms with Gasteiger partial charge in [0.25, 0.3) is 0 Å². The molecule has 2 fully saturated rings. The van der Waals surface area contributed by atoms with Crippen LogP contribution in [0.3, 0.4) is 0 Å². The first kappa shape index (κ1) is 21.9. The van der Waals surface area contributed by atoms with E-state index >= 15 is 0 Å². The number of piperidine rings is 1. The maximum Gasteiger partial charge on any atom is 0.318 e. The molecule has 1 aliphatic carbocycles. The molecule has 1 saturated carbocycles. The summed E-state index contributed by atoms with van der Waals surface area (Å²) in [6.07, 6.45) is 3.54. The maximum atomic E-state index is 12.7. The molecule has 0 amide bonds. The highest BCUT2D eigenvalue weighted by atomic mass is 127. The average molecular weight is 480 g/mol. The zero-order valence-corrected chi connectivity index (χ0v) is 18.6. The fraction of sp³-hybridized carbons (Fsp3) is 0.895. The highest BCUT2D eigenvalue weighted by molar-refractivity contribution is 14.1. The van der Waals surface area contributed by atoms with Gasteiger partial charge in [-0.15, -0.1) is 10.3 Å². The van der Waals surface area contributed by atoms with Gasteiger partial charge < -0.3 is 9.47 Å². The molecule has 1 heterocycles. The molecule has 7 heteroatoms. The van der Waals surface area contributed by atoms with Gasteiger partial charge in [0.05, 0.1) is 5.92 Å².